The van der Waals surface area contributed by atoms with Gasteiger partial charge in [-0.3, -0.25) is 14.5 Å². The van der Waals surface area contributed by atoms with E-state index in [1.807, 2.05) is 24.3 Å². The minimum Gasteiger partial charge on any atom is -0.355 e. The van der Waals surface area contributed by atoms with Crippen molar-refractivity contribution in [2.24, 2.45) is 5.92 Å². The molecule has 142 valence electrons. The number of nitrogens with zero attached hydrogens (tertiary/aromatic N) is 2. The number of nitrogens with one attached hydrogen (secondary N) is 2. The van der Waals surface area contributed by atoms with Crippen LogP contribution in [0.15, 0.2) is 24.3 Å². The number of hydrogen-bond donors (Lipinski definition) is 2. The van der Waals surface area contributed by atoms with Gasteiger partial charge in [-0.25, -0.2) is 9.78 Å². The molecule has 4 amide bonds. The Kier molecular flexibility index (Phi) is 4.59. The summed E-state index contributed by atoms with van der Waals surface area (Å²) in [5.74, 6) is -0.418. The van der Waals surface area contributed by atoms with Crippen molar-refractivity contribution in [2.45, 2.75) is 38.1 Å². The highest BCUT2D eigenvalue weighted by atomic mass is 32.1. The quantitative estimate of drug-likeness (QED) is 0.563. The molecule has 2 heterocycles. The summed E-state index contributed by atoms with van der Waals surface area (Å²) in [4.78, 5) is 42.3. The number of carbonyl (C=O) groups is 3. The van der Waals surface area contributed by atoms with Crippen LogP contribution in [0.1, 0.15) is 31.2 Å². The number of thiazole rings is 1. The van der Waals surface area contributed by atoms with Crippen LogP contribution in [0.4, 0.5) is 4.79 Å². The van der Waals surface area contributed by atoms with Gasteiger partial charge >= 0.3 is 6.03 Å². The fourth-order valence-corrected chi connectivity index (χ4v) is 4.50. The van der Waals surface area contributed by atoms with Crippen molar-refractivity contribution in [3.05, 3.63) is 29.3 Å². The van der Waals surface area contributed by atoms with Crippen molar-refractivity contribution in [1.29, 1.82) is 0 Å². The van der Waals surface area contributed by atoms with Crippen LogP contribution in [0, 0.1) is 5.92 Å². The van der Waals surface area contributed by atoms with Crippen molar-refractivity contribution in [3.63, 3.8) is 0 Å². The third-order valence-electron chi connectivity index (χ3n) is 5.22. The molecule has 2 fully saturated rings. The predicted molar refractivity (Wildman–Crippen MR) is 102 cm³/mol. The maximum Gasteiger partial charge on any atom is 0.325 e. The molecule has 7 nitrogen and oxygen atoms in total. The highest BCUT2D eigenvalue weighted by Crippen LogP contribution is 2.42. The van der Waals surface area contributed by atoms with Crippen LogP contribution in [0.5, 0.6) is 0 Å². The Bertz CT molecular complexity index is 874. The van der Waals surface area contributed by atoms with Crippen molar-refractivity contribution in [1.82, 2.24) is 20.5 Å². The fourth-order valence-electron chi connectivity index (χ4n) is 3.49. The average Bonchev–Trinajstić information content (AvgIpc) is 3.38. The number of imide groups is 1. The number of urea groups is 1. The van der Waals surface area contributed by atoms with Crippen LogP contribution < -0.4 is 10.6 Å². The molecule has 1 saturated heterocycles. The van der Waals surface area contributed by atoms with Crippen LogP contribution in [-0.4, -0.2) is 46.4 Å². The van der Waals surface area contributed by atoms with E-state index >= 15 is 0 Å². The van der Waals surface area contributed by atoms with Gasteiger partial charge in [0, 0.05) is 13.0 Å². The maximum atomic E-state index is 12.5. The Morgan fingerprint density at radius 3 is 2.89 bits per heavy atom. The SMILES string of the molecule is CC1(C2CC2)NC(=O)N(CC(=O)NCCCc2nc3ccccc3s2)C1=O. The summed E-state index contributed by atoms with van der Waals surface area (Å²) in [5.41, 5.74) is 0.156. The van der Waals surface area contributed by atoms with Gasteiger partial charge in [-0.15, -0.1) is 11.3 Å². The van der Waals surface area contributed by atoms with E-state index in [0.29, 0.717) is 6.54 Å². The van der Waals surface area contributed by atoms with E-state index in [9.17, 15) is 14.4 Å². The summed E-state index contributed by atoms with van der Waals surface area (Å²) in [5, 5.41) is 6.58. The minimum atomic E-state index is -0.843. The summed E-state index contributed by atoms with van der Waals surface area (Å²) in [6, 6.07) is 7.53. The molecule has 0 spiro atoms. The zero-order valence-electron chi connectivity index (χ0n) is 15.2. The maximum absolute atomic E-state index is 12.5. The van der Waals surface area contributed by atoms with Crippen LogP contribution in [0.2, 0.25) is 0 Å². The third-order valence-corrected chi connectivity index (χ3v) is 6.32. The molecule has 1 aliphatic carbocycles. The monoisotopic (exact) mass is 386 g/mol. The molecule has 0 radical (unpaired) electrons. The molecule has 1 aliphatic heterocycles. The lowest BCUT2D eigenvalue weighted by atomic mass is 9.96. The Morgan fingerprint density at radius 1 is 1.37 bits per heavy atom. The Morgan fingerprint density at radius 2 is 2.15 bits per heavy atom. The molecular formula is C19H22N4O3S. The zero-order valence-corrected chi connectivity index (χ0v) is 16.0. The van der Waals surface area contributed by atoms with Crippen LogP contribution >= 0.6 is 11.3 Å². The second kappa shape index (κ2) is 6.92. The number of para-hydroxylation sites is 1. The molecule has 0 bridgehead atoms. The van der Waals surface area contributed by atoms with Crippen molar-refractivity contribution in [3.8, 4) is 0 Å². The van der Waals surface area contributed by atoms with Gasteiger partial charge in [-0.05, 0) is 44.2 Å². The summed E-state index contributed by atoms with van der Waals surface area (Å²) >= 11 is 1.66. The molecule has 1 unspecified atom stereocenters. The Balaban J connectivity index is 1.24. The van der Waals surface area contributed by atoms with E-state index < -0.39 is 11.6 Å². The first-order valence-corrected chi connectivity index (χ1v) is 10.0. The molecular weight excluding hydrogens is 364 g/mol. The summed E-state index contributed by atoms with van der Waals surface area (Å²) in [7, 11) is 0. The number of amides is 4. The second-order valence-corrected chi connectivity index (χ2v) is 8.44. The Labute approximate surface area is 161 Å². The normalized spacial score (nSPS) is 22.3. The lowest BCUT2D eigenvalue weighted by molar-refractivity contribution is -0.135. The van der Waals surface area contributed by atoms with E-state index in [4.69, 9.17) is 0 Å². The summed E-state index contributed by atoms with van der Waals surface area (Å²) < 4.78 is 1.16. The van der Waals surface area contributed by atoms with Gasteiger partial charge in [0.05, 0.1) is 15.2 Å². The summed E-state index contributed by atoms with van der Waals surface area (Å²) in [6.45, 7) is 2.01. The minimum absolute atomic E-state index is 0.191. The van der Waals surface area contributed by atoms with Gasteiger partial charge in [-0.1, -0.05) is 12.1 Å². The summed E-state index contributed by atoms with van der Waals surface area (Å²) in [6.07, 6.45) is 3.41. The highest BCUT2D eigenvalue weighted by molar-refractivity contribution is 7.18. The largest absolute Gasteiger partial charge is 0.355 e. The number of carbonyl (C=O) groups excluding carboxylic acids is 3. The van der Waals surface area contributed by atoms with Crippen LogP contribution in [0.25, 0.3) is 10.2 Å². The molecule has 2 N–H and O–H groups in total. The van der Waals surface area contributed by atoms with Crippen molar-refractivity contribution < 1.29 is 14.4 Å². The first-order valence-electron chi connectivity index (χ1n) is 9.22. The molecule has 4 rings (SSSR count). The number of benzene rings is 1. The van der Waals surface area contributed by atoms with Gasteiger partial charge in [-0.2, -0.15) is 0 Å². The molecule has 1 aromatic carbocycles. The molecule has 2 aliphatic rings. The smallest absolute Gasteiger partial charge is 0.325 e. The van der Waals surface area contributed by atoms with Crippen molar-refractivity contribution >= 4 is 39.4 Å². The third kappa shape index (κ3) is 3.53. The molecule has 1 saturated carbocycles. The number of aromatic nitrogens is 1. The molecule has 8 heteroatoms. The van der Waals surface area contributed by atoms with Gasteiger partial charge in [0.25, 0.3) is 5.91 Å². The fraction of sp³-hybridized carbons (Fsp3) is 0.474. The lowest BCUT2D eigenvalue weighted by Gasteiger charge is -2.20. The topological polar surface area (TPSA) is 91.4 Å². The van der Waals surface area contributed by atoms with Crippen molar-refractivity contribution in [2.75, 3.05) is 13.1 Å². The first kappa shape index (κ1) is 17.9. The van der Waals surface area contributed by atoms with Crippen LogP contribution in [-0.2, 0) is 16.0 Å². The average molecular weight is 386 g/mol. The predicted octanol–water partition coefficient (Wildman–Crippen LogP) is 2.07. The van der Waals surface area contributed by atoms with E-state index in [0.717, 1.165) is 45.8 Å². The zero-order chi connectivity index (χ0) is 19.0. The second-order valence-electron chi connectivity index (χ2n) is 7.33. The van der Waals surface area contributed by atoms with E-state index in [-0.39, 0.29) is 24.3 Å². The molecule has 27 heavy (non-hydrogen) atoms. The lowest BCUT2D eigenvalue weighted by Crippen LogP contribution is -2.47. The Hall–Kier alpha value is -2.48. The van der Waals surface area contributed by atoms with Gasteiger partial charge in [0.2, 0.25) is 5.91 Å². The number of aryl methyl sites for hydroxylation is 1. The van der Waals surface area contributed by atoms with E-state index in [1.54, 1.807) is 18.3 Å². The molecule has 1 atom stereocenters. The van der Waals surface area contributed by atoms with E-state index in [1.165, 1.54) is 0 Å². The molecule has 2 aromatic rings. The van der Waals surface area contributed by atoms with Gasteiger partial charge < -0.3 is 10.6 Å². The van der Waals surface area contributed by atoms with Gasteiger partial charge in [0.1, 0.15) is 12.1 Å². The van der Waals surface area contributed by atoms with Gasteiger partial charge in [0.15, 0.2) is 0 Å². The number of fused-ring (bicyclic) bond motifs is 1. The first-order chi connectivity index (χ1) is 13.0. The standard InChI is InChI=1S/C19H22N4O3S/c1-19(12-8-9-12)17(25)23(18(26)22-19)11-15(24)20-10-4-7-16-21-13-5-2-3-6-14(13)27-16/h2-3,5-6,12H,4,7-11H2,1H3,(H,20,24)(H,22,26). The number of rotatable bonds is 7. The van der Waals surface area contributed by atoms with Crippen LogP contribution in [0.3, 0.4) is 0 Å². The van der Waals surface area contributed by atoms with E-state index in [2.05, 4.69) is 15.6 Å². The molecule has 1 aromatic heterocycles. The number of hydrogen-bond acceptors (Lipinski definition) is 5. The highest BCUT2D eigenvalue weighted by Gasteiger charge is 2.56.